The molecule has 2 rings (SSSR count). The molecule has 1 heterocycles. The highest BCUT2D eigenvalue weighted by Crippen LogP contribution is 2.22. The molecule has 0 spiro atoms. The number of rotatable bonds is 3. The zero-order valence-corrected chi connectivity index (χ0v) is 11.6. The fourth-order valence-corrected chi connectivity index (χ4v) is 2.60. The zero-order chi connectivity index (χ0) is 12.3. The highest BCUT2D eigenvalue weighted by molar-refractivity contribution is 9.10. The maximum atomic E-state index is 9.74. The number of benzene rings is 1. The second-order valence-corrected chi connectivity index (χ2v) is 5.71. The summed E-state index contributed by atoms with van der Waals surface area (Å²) in [5.74, 6) is 1.12. The fraction of sp³-hybridized carbons (Fsp3) is 0.538. The Bertz CT molecular complexity index is 384. The summed E-state index contributed by atoms with van der Waals surface area (Å²) in [6.45, 7) is 4.05. The molecule has 1 aliphatic heterocycles. The van der Waals surface area contributed by atoms with Gasteiger partial charge in [-0.1, -0.05) is 22.9 Å². The number of phenolic OH excluding ortho intramolecular Hbond substituents is 1. The summed E-state index contributed by atoms with van der Waals surface area (Å²) in [4.78, 5) is 0. The molecule has 2 unspecified atom stereocenters. The standard InChI is InChI=1S/C13H19BrN2O/c1-9-4-5-15-13(6-9)16-8-10-7-11(14)2-3-12(10)17/h2-3,7,9,13,15-17H,4-6,8H2,1H3. The Morgan fingerprint density at radius 2 is 2.35 bits per heavy atom. The molecular weight excluding hydrogens is 280 g/mol. The predicted molar refractivity (Wildman–Crippen MR) is 72.8 cm³/mol. The first-order valence-electron chi connectivity index (χ1n) is 6.09. The van der Waals surface area contributed by atoms with Crippen LogP contribution in [0.2, 0.25) is 0 Å². The minimum Gasteiger partial charge on any atom is -0.508 e. The Morgan fingerprint density at radius 1 is 1.53 bits per heavy atom. The molecule has 0 bridgehead atoms. The van der Waals surface area contributed by atoms with Gasteiger partial charge in [-0.3, -0.25) is 5.32 Å². The average molecular weight is 299 g/mol. The molecule has 0 aliphatic carbocycles. The Balaban J connectivity index is 1.90. The van der Waals surface area contributed by atoms with Crippen LogP contribution in [0.15, 0.2) is 22.7 Å². The summed E-state index contributed by atoms with van der Waals surface area (Å²) in [5.41, 5.74) is 0.930. The molecule has 17 heavy (non-hydrogen) atoms. The van der Waals surface area contributed by atoms with Crippen molar-refractivity contribution in [3.8, 4) is 5.75 Å². The van der Waals surface area contributed by atoms with Crippen molar-refractivity contribution in [3.63, 3.8) is 0 Å². The molecule has 0 amide bonds. The van der Waals surface area contributed by atoms with E-state index in [0.29, 0.717) is 18.5 Å². The molecule has 3 N–H and O–H groups in total. The van der Waals surface area contributed by atoms with E-state index in [-0.39, 0.29) is 0 Å². The molecule has 0 saturated carbocycles. The molecule has 2 atom stereocenters. The summed E-state index contributed by atoms with van der Waals surface area (Å²) >= 11 is 3.42. The van der Waals surface area contributed by atoms with Crippen LogP contribution in [0.1, 0.15) is 25.3 Å². The molecule has 94 valence electrons. The predicted octanol–water partition coefficient (Wildman–Crippen LogP) is 2.59. The molecule has 4 heteroatoms. The first-order chi connectivity index (χ1) is 8.15. The number of phenols is 1. The van der Waals surface area contributed by atoms with Crippen molar-refractivity contribution in [1.29, 1.82) is 0 Å². The monoisotopic (exact) mass is 298 g/mol. The van der Waals surface area contributed by atoms with Gasteiger partial charge in [-0.05, 0) is 43.5 Å². The van der Waals surface area contributed by atoms with Crippen molar-refractivity contribution in [2.75, 3.05) is 6.54 Å². The largest absolute Gasteiger partial charge is 0.508 e. The van der Waals surface area contributed by atoms with Gasteiger partial charge < -0.3 is 10.4 Å². The topological polar surface area (TPSA) is 44.3 Å². The fourth-order valence-electron chi connectivity index (χ4n) is 2.19. The lowest BCUT2D eigenvalue weighted by Crippen LogP contribution is -2.46. The summed E-state index contributed by atoms with van der Waals surface area (Å²) < 4.78 is 0.997. The molecule has 0 radical (unpaired) electrons. The lowest BCUT2D eigenvalue weighted by Gasteiger charge is -2.29. The molecule has 1 saturated heterocycles. The highest BCUT2D eigenvalue weighted by atomic mass is 79.9. The van der Waals surface area contributed by atoms with Crippen LogP contribution in [0.5, 0.6) is 5.75 Å². The van der Waals surface area contributed by atoms with Gasteiger partial charge in [-0.25, -0.2) is 0 Å². The van der Waals surface area contributed by atoms with Crippen molar-refractivity contribution < 1.29 is 5.11 Å². The third-order valence-electron chi connectivity index (χ3n) is 3.25. The van der Waals surface area contributed by atoms with Crippen molar-refractivity contribution in [2.24, 2.45) is 5.92 Å². The molecule has 1 aromatic rings. The van der Waals surface area contributed by atoms with E-state index in [1.165, 1.54) is 6.42 Å². The van der Waals surface area contributed by atoms with Crippen LogP contribution in [0.3, 0.4) is 0 Å². The van der Waals surface area contributed by atoms with Gasteiger partial charge in [-0.2, -0.15) is 0 Å². The second-order valence-electron chi connectivity index (χ2n) is 4.79. The SMILES string of the molecule is CC1CCNC(NCc2cc(Br)ccc2O)C1. The number of aromatic hydroxyl groups is 1. The molecule has 1 aliphatic rings. The quantitative estimate of drug-likeness (QED) is 0.804. The van der Waals surface area contributed by atoms with Crippen LogP contribution in [0.4, 0.5) is 0 Å². The average Bonchev–Trinajstić information content (AvgIpc) is 2.30. The van der Waals surface area contributed by atoms with E-state index in [0.717, 1.165) is 28.9 Å². The number of hydrogen-bond acceptors (Lipinski definition) is 3. The Morgan fingerprint density at radius 3 is 3.12 bits per heavy atom. The summed E-state index contributed by atoms with van der Waals surface area (Å²) in [6, 6.07) is 5.52. The van der Waals surface area contributed by atoms with E-state index in [4.69, 9.17) is 0 Å². The van der Waals surface area contributed by atoms with Gasteiger partial charge in [0.2, 0.25) is 0 Å². The van der Waals surface area contributed by atoms with E-state index in [1.54, 1.807) is 6.07 Å². The molecule has 1 aromatic carbocycles. The van der Waals surface area contributed by atoms with Crippen molar-refractivity contribution in [2.45, 2.75) is 32.5 Å². The van der Waals surface area contributed by atoms with Gasteiger partial charge in [0.1, 0.15) is 5.75 Å². The van der Waals surface area contributed by atoms with Crippen molar-refractivity contribution >= 4 is 15.9 Å². The van der Waals surface area contributed by atoms with Gasteiger partial charge in [0, 0.05) is 16.6 Å². The van der Waals surface area contributed by atoms with Gasteiger partial charge in [-0.15, -0.1) is 0 Å². The van der Waals surface area contributed by atoms with E-state index in [1.807, 2.05) is 12.1 Å². The van der Waals surface area contributed by atoms with Crippen LogP contribution >= 0.6 is 15.9 Å². The lowest BCUT2D eigenvalue weighted by atomic mass is 9.98. The van der Waals surface area contributed by atoms with Gasteiger partial charge >= 0.3 is 0 Å². The van der Waals surface area contributed by atoms with Crippen LogP contribution < -0.4 is 10.6 Å². The number of nitrogens with one attached hydrogen (secondary N) is 2. The molecule has 1 fully saturated rings. The molecule has 3 nitrogen and oxygen atoms in total. The smallest absolute Gasteiger partial charge is 0.120 e. The molecule has 0 aromatic heterocycles. The minimum absolute atomic E-state index is 0.351. The third-order valence-corrected chi connectivity index (χ3v) is 3.74. The number of halogens is 1. The maximum Gasteiger partial charge on any atom is 0.120 e. The number of piperidine rings is 1. The van der Waals surface area contributed by atoms with E-state index in [2.05, 4.69) is 33.5 Å². The van der Waals surface area contributed by atoms with Crippen molar-refractivity contribution in [1.82, 2.24) is 10.6 Å². The van der Waals surface area contributed by atoms with Crippen LogP contribution in [-0.4, -0.2) is 17.8 Å². The maximum absolute atomic E-state index is 9.74. The van der Waals surface area contributed by atoms with Gasteiger partial charge in [0.25, 0.3) is 0 Å². The second kappa shape index (κ2) is 5.85. The van der Waals surface area contributed by atoms with Crippen LogP contribution in [-0.2, 0) is 6.54 Å². The first-order valence-corrected chi connectivity index (χ1v) is 6.88. The van der Waals surface area contributed by atoms with Crippen LogP contribution in [0, 0.1) is 5.92 Å². The summed E-state index contributed by atoms with van der Waals surface area (Å²) in [7, 11) is 0. The van der Waals surface area contributed by atoms with Crippen molar-refractivity contribution in [3.05, 3.63) is 28.2 Å². The van der Waals surface area contributed by atoms with E-state index in [9.17, 15) is 5.11 Å². The van der Waals surface area contributed by atoms with Crippen LogP contribution in [0.25, 0.3) is 0 Å². The zero-order valence-electron chi connectivity index (χ0n) is 10.0. The van der Waals surface area contributed by atoms with E-state index < -0.39 is 0 Å². The Kier molecular flexibility index (Phi) is 4.42. The Hall–Kier alpha value is -0.580. The van der Waals surface area contributed by atoms with Gasteiger partial charge in [0.05, 0.1) is 6.17 Å². The lowest BCUT2D eigenvalue weighted by molar-refractivity contribution is 0.279. The van der Waals surface area contributed by atoms with E-state index >= 15 is 0 Å². The normalized spacial score (nSPS) is 24.8. The number of hydrogen-bond donors (Lipinski definition) is 3. The highest BCUT2D eigenvalue weighted by Gasteiger charge is 2.17. The first kappa shape index (κ1) is 12.9. The molecular formula is C13H19BrN2O. The minimum atomic E-state index is 0.351. The Labute approximate surface area is 111 Å². The summed E-state index contributed by atoms with van der Waals surface area (Å²) in [5, 5.41) is 16.6. The summed E-state index contributed by atoms with van der Waals surface area (Å²) in [6.07, 6.45) is 2.76. The third kappa shape index (κ3) is 3.69. The van der Waals surface area contributed by atoms with Gasteiger partial charge in [0.15, 0.2) is 0 Å².